The molecule has 27 heavy (non-hydrogen) atoms. The van der Waals surface area contributed by atoms with Crippen molar-refractivity contribution in [2.75, 3.05) is 16.6 Å². The summed E-state index contributed by atoms with van der Waals surface area (Å²) in [5.41, 5.74) is 2.01. The molecular weight excluding hydrogens is 370 g/mol. The Kier molecular flexibility index (Phi) is 5.94. The SMILES string of the molecule is CCOC(=O)c1cc(NS(=O)(=O)c2c(C)cc(NC(C)=O)cc2C)cn1C. The van der Waals surface area contributed by atoms with Crippen LogP contribution in [0.1, 0.15) is 35.5 Å². The van der Waals surface area contributed by atoms with Gasteiger partial charge in [0.15, 0.2) is 0 Å². The molecule has 1 aromatic carbocycles. The normalized spacial score (nSPS) is 11.1. The minimum Gasteiger partial charge on any atom is -0.461 e. The van der Waals surface area contributed by atoms with Gasteiger partial charge in [-0.3, -0.25) is 9.52 Å². The summed E-state index contributed by atoms with van der Waals surface area (Å²) in [5, 5.41) is 2.64. The molecule has 0 spiro atoms. The molecule has 0 saturated carbocycles. The summed E-state index contributed by atoms with van der Waals surface area (Å²) >= 11 is 0. The molecule has 0 aliphatic carbocycles. The van der Waals surface area contributed by atoms with Crippen LogP contribution in [0.2, 0.25) is 0 Å². The molecule has 146 valence electrons. The van der Waals surface area contributed by atoms with Crippen LogP contribution in [-0.2, 0) is 26.6 Å². The highest BCUT2D eigenvalue weighted by atomic mass is 32.2. The number of hydrogen-bond donors (Lipinski definition) is 2. The van der Waals surface area contributed by atoms with Crippen molar-refractivity contribution in [1.82, 2.24) is 4.57 Å². The molecule has 1 aromatic heterocycles. The van der Waals surface area contributed by atoms with Crippen LogP contribution in [0.5, 0.6) is 0 Å². The van der Waals surface area contributed by atoms with Crippen LogP contribution in [0.4, 0.5) is 11.4 Å². The van der Waals surface area contributed by atoms with Gasteiger partial charge in [0.2, 0.25) is 5.91 Å². The summed E-state index contributed by atoms with van der Waals surface area (Å²) in [6.07, 6.45) is 1.50. The summed E-state index contributed by atoms with van der Waals surface area (Å²) < 4.78 is 34.7. The fourth-order valence-electron chi connectivity index (χ4n) is 2.88. The third-order valence-corrected chi connectivity index (χ3v) is 5.48. The van der Waals surface area contributed by atoms with Crippen LogP contribution in [0.15, 0.2) is 29.3 Å². The average Bonchev–Trinajstić information content (AvgIpc) is 2.85. The lowest BCUT2D eigenvalue weighted by Gasteiger charge is -2.14. The summed E-state index contributed by atoms with van der Waals surface area (Å²) in [4.78, 5) is 23.2. The number of amides is 1. The lowest BCUT2D eigenvalue weighted by molar-refractivity contribution is -0.114. The Morgan fingerprint density at radius 1 is 1.11 bits per heavy atom. The Labute approximate surface area is 158 Å². The van der Waals surface area contributed by atoms with E-state index >= 15 is 0 Å². The number of hydrogen-bond acceptors (Lipinski definition) is 5. The van der Waals surface area contributed by atoms with Crippen LogP contribution in [0, 0.1) is 13.8 Å². The zero-order chi connectivity index (χ0) is 20.4. The molecule has 0 radical (unpaired) electrons. The van der Waals surface area contributed by atoms with Crippen LogP contribution >= 0.6 is 0 Å². The van der Waals surface area contributed by atoms with Gasteiger partial charge in [0.1, 0.15) is 5.69 Å². The molecule has 1 amide bonds. The highest BCUT2D eigenvalue weighted by Gasteiger charge is 2.22. The molecule has 2 aromatic rings. The number of rotatable bonds is 6. The van der Waals surface area contributed by atoms with Crippen molar-refractivity contribution in [2.45, 2.75) is 32.6 Å². The number of ether oxygens (including phenoxy) is 1. The average molecular weight is 393 g/mol. The van der Waals surface area contributed by atoms with Crippen molar-refractivity contribution in [2.24, 2.45) is 7.05 Å². The topological polar surface area (TPSA) is 106 Å². The first-order chi connectivity index (χ1) is 12.5. The number of carbonyl (C=O) groups is 2. The minimum absolute atomic E-state index is 0.123. The van der Waals surface area contributed by atoms with Crippen molar-refractivity contribution >= 4 is 33.3 Å². The smallest absolute Gasteiger partial charge is 0.355 e. The van der Waals surface area contributed by atoms with Gasteiger partial charge in [-0.2, -0.15) is 0 Å². The highest BCUT2D eigenvalue weighted by Crippen LogP contribution is 2.27. The first-order valence-electron chi connectivity index (χ1n) is 8.30. The number of esters is 1. The van der Waals surface area contributed by atoms with Gasteiger partial charge in [-0.15, -0.1) is 0 Å². The van der Waals surface area contributed by atoms with Gasteiger partial charge in [0.05, 0.1) is 17.2 Å². The Morgan fingerprint density at radius 3 is 2.22 bits per heavy atom. The van der Waals surface area contributed by atoms with Gasteiger partial charge >= 0.3 is 5.97 Å². The van der Waals surface area contributed by atoms with Crippen molar-refractivity contribution in [3.05, 3.63) is 41.2 Å². The maximum absolute atomic E-state index is 12.9. The van der Waals surface area contributed by atoms with E-state index in [4.69, 9.17) is 4.74 Å². The molecule has 8 nitrogen and oxygen atoms in total. The second kappa shape index (κ2) is 7.83. The Bertz CT molecular complexity index is 969. The Hall–Kier alpha value is -2.81. The number of aryl methyl sites for hydroxylation is 3. The molecule has 0 atom stereocenters. The van der Waals surface area contributed by atoms with Gasteiger partial charge in [-0.1, -0.05) is 0 Å². The lowest BCUT2D eigenvalue weighted by Crippen LogP contribution is -2.16. The number of nitrogens with zero attached hydrogens (tertiary/aromatic N) is 1. The van der Waals surface area contributed by atoms with E-state index in [2.05, 4.69) is 10.0 Å². The van der Waals surface area contributed by atoms with E-state index in [-0.39, 0.29) is 28.8 Å². The van der Waals surface area contributed by atoms with E-state index in [1.54, 1.807) is 40.0 Å². The van der Waals surface area contributed by atoms with E-state index in [1.807, 2.05) is 0 Å². The van der Waals surface area contributed by atoms with Crippen LogP contribution in [0.25, 0.3) is 0 Å². The fourth-order valence-corrected chi connectivity index (χ4v) is 4.37. The third-order valence-electron chi connectivity index (χ3n) is 3.79. The molecule has 0 aliphatic rings. The van der Waals surface area contributed by atoms with Gasteiger partial charge < -0.3 is 14.6 Å². The van der Waals surface area contributed by atoms with Crippen molar-refractivity contribution in [1.29, 1.82) is 0 Å². The maximum atomic E-state index is 12.9. The fraction of sp³-hybridized carbons (Fsp3) is 0.333. The van der Waals surface area contributed by atoms with E-state index < -0.39 is 16.0 Å². The Balaban J connectivity index is 2.36. The van der Waals surface area contributed by atoms with Crippen LogP contribution in [0.3, 0.4) is 0 Å². The van der Waals surface area contributed by atoms with Crippen LogP contribution < -0.4 is 10.0 Å². The molecule has 2 rings (SSSR count). The Morgan fingerprint density at radius 2 is 1.70 bits per heavy atom. The molecule has 0 bridgehead atoms. The number of aromatic nitrogens is 1. The zero-order valence-corrected chi connectivity index (χ0v) is 16.7. The first kappa shape index (κ1) is 20.5. The summed E-state index contributed by atoms with van der Waals surface area (Å²) in [7, 11) is -2.26. The van der Waals surface area contributed by atoms with Gasteiger partial charge in [-0.05, 0) is 50.1 Å². The molecule has 0 unspecified atom stereocenters. The number of sulfonamides is 1. The summed E-state index contributed by atoms with van der Waals surface area (Å²) in [5.74, 6) is -0.768. The molecule has 0 saturated heterocycles. The van der Waals surface area contributed by atoms with E-state index in [9.17, 15) is 18.0 Å². The van der Waals surface area contributed by atoms with Gasteiger partial charge in [-0.25, -0.2) is 13.2 Å². The van der Waals surface area contributed by atoms with Crippen molar-refractivity contribution in [3.8, 4) is 0 Å². The number of anilines is 2. The monoisotopic (exact) mass is 393 g/mol. The predicted molar refractivity (Wildman–Crippen MR) is 102 cm³/mol. The van der Waals surface area contributed by atoms with Crippen LogP contribution in [-0.4, -0.2) is 31.5 Å². The number of benzene rings is 1. The zero-order valence-electron chi connectivity index (χ0n) is 15.9. The molecular formula is C18H23N3O5S. The van der Waals surface area contributed by atoms with E-state index in [0.29, 0.717) is 16.8 Å². The molecule has 0 aliphatic heterocycles. The predicted octanol–water partition coefficient (Wildman–Crippen LogP) is 2.58. The highest BCUT2D eigenvalue weighted by molar-refractivity contribution is 7.92. The standard InChI is InChI=1S/C18H23N3O5S/c1-6-26-18(23)16-9-15(10-21(16)5)20-27(24,25)17-11(2)7-14(8-12(17)3)19-13(4)22/h7-10,20H,6H2,1-5H3,(H,19,22). The quantitative estimate of drug-likeness (QED) is 0.734. The number of nitrogens with one attached hydrogen (secondary N) is 2. The maximum Gasteiger partial charge on any atom is 0.355 e. The molecule has 0 fully saturated rings. The second-order valence-electron chi connectivity index (χ2n) is 6.17. The third kappa shape index (κ3) is 4.68. The van der Waals surface area contributed by atoms with E-state index in [1.165, 1.54) is 23.8 Å². The first-order valence-corrected chi connectivity index (χ1v) is 9.78. The van der Waals surface area contributed by atoms with Crippen molar-refractivity contribution in [3.63, 3.8) is 0 Å². The second-order valence-corrected chi connectivity index (χ2v) is 7.79. The van der Waals surface area contributed by atoms with E-state index in [0.717, 1.165) is 0 Å². The number of carbonyl (C=O) groups excluding carboxylic acids is 2. The molecule has 2 N–H and O–H groups in total. The minimum atomic E-state index is -3.89. The van der Waals surface area contributed by atoms with Gasteiger partial charge in [0, 0.05) is 25.9 Å². The van der Waals surface area contributed by atoms with Crippen molar-refractivity contribution < 1.29 is 22.7 Å². The largest absolute Gasteiger partial charge is 0.461 e. The summed E-state index contributed by atoms with van der Waals surface area (Å²) in [6.45, 7) is 6.61. The molecule has 1 heterocycles. The lowest BCUT2D eigenvalue weighted by atomic mass is 10.1. The molecule has 9 heteroatoms. The summed E-state index contributed by atoms with van der Waals surface area (Å²) in [6, 6.07) is 4.61. The van der Waals surface area contributed by atoms with Gasteiger partial charge in [0.25, 0.3) is 10.0 Å².